The molecular formula is C33H51N4O5P. The first-order valence-electron chi connectivity index (χ1n) is 16.3. The summed E-state index contributed by atoms with van der Waals surface area (Å²) >= 11 is 0. The molecule has 1 aromatic carbocycles. The molecule has 0 aromatic heterocycles. The third kappa shape index (κ3) is 8.75. The summed E-state index contributed by atoms with van der Waals surface area (Å²) in [6, 6.07) is 9.96. The fraction of sp³-hybridized carbons (Fsp3) is 0.758. The van der Waals surface area contributed by atoms with E-state index in [0.717, 1.165) is 57.8 Å². The molecule has 0 aliphatic heterocycles. The smallest absolute Gasteiger partial charge is 0.269 e. The molecule has 4 saturated carbocycles. The Labute approximate surface area is 259 Å². The average molecular weight is 615 g/mol. The lowest BCUT2D eigenvalue weighted by molar-refractivity contribution is -0.384. The zero-order valence-corrected chi connectivity index (χ0v) is 27.4. The summed E-state index contributed by atoms with van der Waals surface area (Å²) in [4.78, 5) is 24.0. The van der Waals surface area contributed by atoms with E-state index in [4.69, 9.17) is 14.3 Å². The van der Waals surface area contributed by atoms with E-state index in [0.29, 0.717) is 56.5 Å². The van der Waals surface area contributed by atoms with Crippen LogP contribution in [-0.2, 0) is 19.3 Å². The number of hydrogen-bond acceptors (Lipinski definition) is 7. The maximum Gasteiger partial charge on any atom is 0.269 e. The van der Waals surface area contributed by atoms with E-state index in [2.05, 4.69) is 43.8 Å². The minimum atomic E-state index is -1.19. The lowest BCUT2D eigenvalue weighted by atomic mass is 9.42. The van der Waals surface area contributed by atoms with Crippen molar-refractivity contribution < 1.29 is 18.8 Å². The first-order valence-corrected chi connectivity index (χ1v) is 17.4. The zero-order chi connectivity index (χ0) is 31.0. The highest BCUT2D eigenvalue weighted by Gasteiger charge is 2.58. The monoisotopic (exact) mass is 614 g/mol. The van der Waals surface area contributed by atoms with Crippen LogP contribution >= 0.6 is 8.53 Å². The number of non-ortho nitro benzene ring substituents is 1. The van der Waals surface area contributed by atoms with Crippen LogP contribution in [0.2, 0.25) is 0 Å². The van der Waals surface area contributed by atoms with Crippen LogP contribution in [0.3, 0.4) is 0 Å². The lowest BCUT2D eigenvalue weighted by Crippen LogP contribution is -2.55. The van der Waals surface area contributed by atoms with Crippen molar-refractivity contribution in [3.05, 3.63) is 39.9 Å². The maximum atomic E-state index is 13.1. The Bertz CT molecular complexity index is 1100. The van der Waals surface area contributed by atoms with E-state index < -0.39 is 8.53 Å². The number of rotatable bonds is 18. The third-order valence-corrected chi connectivity index (χ3v) is 11.8. The van der Waals surface area contributed by atoms with Gasteiger partial charge in [0.15, 0.2) is 0 Å². The summed E-state index contributed by atoms with van der Waals surface area (Å²) in [5, 5.41) is 23.3. The van der Waals surface area contributed by atoms with Crippen LogP contribution in [0.15, 0.2) is 24.3 Å². The Hall–Kier alpha value is -2.11. The summed E-state index contributed by atoms with van der Waals surface area (Å²) in [7, 11) is -1.19. The molecule has 0 heterocycles. The van der Waals surface area contributed by atoms with E-state index in [1.54, 1.807) is 12.1 Å². The number of nitro groups is 1. The standard InChI is InChI=1S/C33H51N4O5P/c1-25(2)36(26(3)4)43(42-17-9-14-34)41-16-8-6-5-7-15-35-31(38)23-32-19-27-18-28(20-32)22-33(21-27,24-32)29-10-12-30(13-11-29)37(39)40/h10-13,25-28H,5-9,15-24H2,1-4H3,(H,35,38)/t27-,28+,32?,33?,43?. The number of amides is 1. The second kappa shape index (κ2) is 15.3. The van der Waals surface area contributed by atoms with Gasteiger partial charge in [0.05, 0.1) is 30.6 Å². The molecule has 9 nitrogen and oxygen atoms in total. The molecule has 10 heteroatoms. The summed E-state index contributed by atoms with van der Waals surface area (Å²) in [6.45, 7) is 10.3. The molecule has 1 amide bonds. The highest BCUT2D eigenvalue weighted by atomic mass is 31.2. The molecule has 4 aliphatic carbocycles. The number of nitro benzene ring substituents is 1. The van der Waals surface area contributed by atoms with Gasteiger partial charge in [0.2, 0.25) is 5.91 Å². The minimum Gasteiger partial charge on any atom is -0.356 e. The number of unbranched alkanes of at least 4 members (excludes halogenated alkanes) is 3. The highest BCUT2D eigenvalue weighted by molar-refractivity contribution is 7.44. The van der Waals surface area contributed by atoms with Gasteiger partial charge in [-0.05, 0) is 107 Å². The van der Waals surface area contributed by atoms with Crippen molar-refractivity contribution in [1.82, 2.24) is 9.99 Å². The quantitative estimate of drug-likeness (QED) is 0.0776. The fourth-order valence-corrected chi connectivity index (χ4v) is 10.2. The Morgan fingerprint density at radius 3 is 2.28 bits per heavy atom. The summed E-state index contributed by atoms with van der Waals surface area (Å²) < 4.78 is 14.4. The molecule has 4 aliphatic rings. The molecule has 0 saturated heterocycles. The molecule has 0 radical (unpaired) electrons. The minimum absolute atomic E-state index is 0.0564. The van der Waals surface area contributed by atoms with Gasteiger partial charge in [-0.15, -0.1) is 0 Å². The van der Waals surface area contributed by atoms with E-state index in [-0.39, 0.29) is 27.3 Å². The van der Waals surface area contributed by atoms with E-state index in [9.17, 15) is 14.9 Å². The van der Waals surface area contributed by atoms with Crippen molar-refractivity contribution >= 4 is 20.1 Å². The van der Waals surface area contributed by atoms with Crippen molar-refractivity contribution in [2.45, 2.75) is 122 Å². The predicted octanol–water partition coefficient (Wildman–Crippen LogP) is 7.79. The van der Waals surface area contributed by atoms with Crippen LogP contribution in [-0.4, -0.2) is 47.3 Å². The van der Waals surface area contributed by atoms with Gasteiger partial charge in [0, 0.05) is 37.2 Å². The lowest BCUT2D eigenvalue weighted by Gasteiger charge is -2.62. The molecular weight excluding hydrogens is 563 g/mol. The maximum absolute atomic E-state index is 13.1. The number of carbonyl (C=O) groups excluding carboxylic acids is 1. The number of hydrogen-bond donors (Lipinski definition) is 1. The van der Waals surface area contributed by atoms with Gasteiger partial charge in [-0.3, -0.25) is 14.9 Å². The molecule has 4 fully saturated rings. The summed E-state index contributed by atoms with van der Waals surface area (Å²) in [5.41, 5.74) is 1.48. The summed E-state index contributed by atoms with van der Waals surface area (Å²) in [5.74, 6) is 1.47. The van der Waals surface area contributed by atoms with E-state index >= 15 is 0 Å². The molecule has 43 heavy (non-hydrogen) atoms. The van der Waals surface area contributed by atoms with Crippen LogP contribution in [0.4, 0.5) is 5.69 Å². The van der Waals surface area contributed by atoms with Crippen molar-refractivity contribution in [3.8, 4) is 6.07 Å². The molecule has 1 aromatic rings. The molecule has 4 bridgehead atoms. The average Bonchev–Trinajstić information content (AvgIpc) is 2.93. The molecule has 5 atom stereocenters. The zero-order valence-electron chi connectivity index (χ0n) is 26.6. The van der Waals surface area contributed by atoms with Crippen molar-refractivity contribution in [2.75, 3.05) is 19.8 Å². The Balaban J connectivity index is 1.18. The van der Waals surface area contributed by atoms with Crippen LogP contribution in [0.5, 0.6) is 0 Å². The van der Waals surface area contributed by atoms with Crippen LogP contribution in [0.25, 0.3) is 0 Å². The Kier molecular flexibility index (Phi) is 12.0. The van der Waals surface area contributed by atoms with Gasteiger partial charge in [-0.1, -0.05) is 25.0 Å². The van der Waals surface area contributed by atoms with Crippen LogP contribution in [0, 0.1) is 38.7 Å². The van der Waals surface area contributed by atoms with Crippen LogP contribution in [0.1, 0.15) is 110 Å². The molecule has 0 spiro atoms. The molecule has 238 valence electrons. The third-order valence-electron chi connectivity index (χ3n) is 9.67. The van der Waals surface area contributed by atoms with Gasteiger partial charge in [0.1, 0.15) is 0 Å². The molecule has 5 rings (SSSR count). The number of benzene rings is 1. The van der Waals surface area contributed by atoms with Gasteiger partial charge >= 0.3 is 0 Å². The predicted molar refractivity (Wildman–Crippen MR) is 169 cm³/mol. The van der Waals surface area contributed by atoms with Gasteiger partial charge < -0.3 is 14.4 Å². The second-order valence-corrected chi connectivity index (χ2v) is 15.3. The van der Waals surface area contributed by atoms with Gasteiger partial charge in [-0.25, -0.2) is 4.67 Å². The number of nitriles is 1. The van der Waals surface area contributed by atoms with Crippen molar-refractivity contribution in [1.29, 1.82) is 5.26 Å². The van der Waals surface area contributed by atoms with Crippen molar-refractivity contribution in [3.63, 3.8) is 0 Å². The normalized spacial score (nSPS) is 26.7. The first-order chi connectivity index (χ1) is 20.6. The molecule has 1 N–H and O–H groups in total. The van der Waals surface area contributed by atoms with E-state index in [1.165, 1.54) is 12.0 Å². The number of nitrogens with zero attached hydrogens (tertiary/aromatic N) is 3. The van der Waals surface area contributed by atoms with Crippen molar-refractivity contribution in [2.24, 2.45) is 17.3 Å². The van der Waals surface area contributed by atoms with Crippen LogP contribution < -0.4 is 5.32 Å². The first kappa shape index (κ1) is 33.8. The van der Waals surface area contributed by atoms with E-state index in [1.807, 2.05) is 12.1 Å². The largest absolute Gasteiger partial charge is 0.356 e. The SMILES string of the molecule is CC(C)N(C(C)C)P(OCCC#N)OCCCCCCNC(=O)CC12C[C@H]3C[C@@H](C1)CC(c1ccc([N+](=O)[O-])cc1)(C3)C2. The fourth-order valence-electron chi connectivity index (χ4n) is 8.60. The summed E-state index contributed by atoms with van der Waals surface area (Å²) in [6.07, 6.45) is 11.8. The highest BCUT2D eigenvalue weighted by Crippen LogP contribution is 2.66. The number of nitrogens with one attached hydrogen (secondary N) is 1. The second-order valence-electron chi connectivity index (χ2n) is 13.9. The molecule has 3 unspecified atom stereocenters. The topological polar surface area (TPSA) is 118 Å². The van der Waals surface area contributed by atoms with Gasteiger partial charge in [0.25, 0.3) is 14.2 Å². The Morgan fingerprint density at radius 1 is 1.05 bits per heavy atom. The Morgan fingerprint density at radius 2 is 1.67 bits per heavy atom. The number of carbonyl (C=O) groups is 1. The van der Waals surface area contributed by atoms with Gasteiger partial charge in [-0.2, -0.15) is 5.26 Å².